The number of ether oxygens (including phenoxy) is 1. The third-order valence-corrected chi connectivity index (χ3v) is 5.73. The molecule has 2 N–H and O–H groups in total. The molecule has 3 aromatic carbocycles. The van der Waals surface area contributed by atoms with Gasteiger partial charge in [0.05, 0.1) is 0 Å². The van der Waals surface area contributed by atoms with Crippen LogP contribution in [-0.2, 0) is 14.4 Å². The molecule has 1 aliphatic heterocycles. The molecule has 4 rings (SSSR count). The molecule has 0 bridgehead atoms. The van der Waals surface area contributed by atoms with Gasteiger partial charge < -0.3 is 19.8 Å². The van der Waals surface area contributed by atoms with Gasteiger partial charge in [0, 0.05) is 40.6 Å². The Bertz CT molecular complexity index is 1250. The molecule has 2 amide bonds. The summed E-state index contributed by atoms with van der Waals surface area (Å²) >= 11 is 5.86. The summed E-state index contributed by atoms with van der Waals surface area (Å²) in [7, 11) is 1.51. The van der Waals surface area contributed by atoms with Gasteiger partial charge >= 0.3 is 6.09 Å². The number of oxime groups is 1. The first-order valence-corrected chi connectivity index (χ1v) is 11.6. The summed E-state index contributed by atoms with van der Waals surface area (Å²) in [5.41, 5.74) is 1.68. The number of rotatable bonds is 7. The molecule has 36 heavy (non-hydrogen) atoms. The van der Waals surface area contributed by atoms with E-state index < -0.39 is 23.9 Å². The number of nitrogens with zero attached hydrogens (tertiary/aromatic N) is 2. The molecule has 3 aromatic rings. The SMILES string of the molecule is CO/N=C1/CCCN1c1ccc(NC(=O)C(OC(=O)Nc2ccc(Cl)cc2)c2ccccc2F)cc1. The maximum atomic E-state index is 14.6. The second-order valence-corrected chi connectivity index (χ2v) is 8.36. The number of anilines is 3. The van der Waals surface area contributed by atoms with Crippen molar-refractivity contribution in [2.24, 2.45) is 5.16 Å². The Morgan fingerprint density at radius 1 is 1.00 bits per heavy atom. The number of benzene rings is 3. The van der Waals surface area contributed by atoms with Crippen LogP contribution in [0.25, 0.3) is 0 Å². The van der Waals surface area contributed by atoms with Gasteiger partial charge in [0.25, 0.3) is 5.91 Å². The highest BCUT2D eigenvalue weighted by Gasteiger charge is 2.28. The van der Waals surface area contributed by atoms with Crippen molar-refractivity contribution in [1.29, 1.82) is 0 Å². The van der Waals surface area contributed by atoms with Crippen LogP contribution in [0.4, 0.5) is 26.2 Å². The molecule has 186 valence electrons. The molecule has 1 saturated heterocycles. The first kappa shape index (κ1) is 25.0. The van der Waals surface area contributed by atoms with Crippen molar-refractivity contribution in [3.8, 4) is 0 Å². The monoisotopic (exact) mass is 510 g/mol. The van der Waals surface area contributed by atoms with E-state index in [0.717, 1.165) is 30.9 Å². The fourth-order valence-electron chi connectivity index (χ4n) is 3.80. The molecule has 1 aliphatic rings. The standard InChI is InChI=1S/C26H24ClFN4O4/c1-35-31-23-7-4-16-32(23)20-14-12-18(13-15-20)29-25(33)24(21-5-2-3-6-22(21)28)36-26(34)30-19-10-8-17(27)9-11-19/h2-3,5-6,8-15,24H,4,7,16H2,1H3,(H,29,33)(H,30,34)/b31-23-. The van der Waals surface area contributed by atoms with Crippen LogP contribution in [0.5, 0.6) is 0 Å². The zero-order chi connectivity index (χ0) is 25.5. The van der Waals surface area contributed by atoms with E-state index in [1.165, 1.54) is 25.3 Å². The Kier molecular flexibility index (Phi) is 8.02. The second-order valence-electron chi connectivity index (χ2n) is 7.92. The van der Waals surface area contributed by atoms with Gasteiger partial charge in [-0.2, -0.15) is 0 Å². The number of hydrogen-bond acceptors (Lipinski definition) is 5. The molecular formula is C26H24ClFN4O4. The van der Waals surface area contributed by atoms with Crippen molar-refractivity contribution in [3.63, 3.8) is 0 Å². The summed E-state index contributed by atoms with van der Waals surface area (Å²) in [5, 5.41) is 9.76. The van der Waals surface area contributed by atoms with Crippen LogP contribution < -0.4 is 15.5 Å². The van der Waals surface area contributed by atoms with Crippen molar-refractivity contribution in [3.05, 3.63) is 89.2 Å². The van der Waals surface area contributed by atoms with Crippen LogP contribution in [-0.4, -0.2) is 31.5 Å². The summed E-state index contributed by atoms with van der Waals surface area (Å²) < 4.78 is 19.9. The quantitative estimate of drug-likeness (QED) is 0.382. The number of hydrogen-bond donors (Lipinski definition) is 2. The smallest absolute Gasteiger partial charge is 0.412 e. The van der Waals surface area contributed by atoms with E-state index in [4.69, 9.17) is 21.2 Å². The van der Waals surface area contributed by atoms with Crippen molar-refractivity contribution in [2.75, 3.05) is 29.2 Å². The Hall–Kier alpha value is -4.11. The van der Waals surface area contributed by atoms with Crippen LogP contribution in [0.2, 0.25) is 5.02 Å². The molecule has 0 spiro atoms. The average Bonchev–Trinajstić information content (AvgIpc) is 3.33. The van der Waals surface area contributed by atoms with E-state index in [1.807, 2.05) is 17.0 Å². The predicted octanol–water partition coefficient (Wildman–Crippen LogP) is 5.97. The number of halogens is 2. The van der Waals surface area contributed by atoms with E-state index in [1.54, 1.807) is 42.5 Å². The normalized spacial score (nSPS) is 14.9. The van der Waals surface area contributed by atoms with E-state index in [2.05, 4.69) is 15.8 Å². The molecule has 10 heteroatoms. The van der Waals surface area contributed by atoms with Crippen molar-refractivity contribution in [1.82, 2.24) is 0 Å². The lowest BCUT2D eigenvalue weighted by atomic mass is 10.1. The van der Waals surface area contributed by atoms with Crippen molar-refractivity contribution < 1.29 is 23.6 Å². The zero-order valence-electron chi connectivity index (χ0n) is 19.4. The maximum absolute atomic E-state index is 14.6. The van der Waals surface area contributed by atoms with E-state index >= 15 is 0 Å². The molecule has 8 nitrogen and oxygen atoms in total. The Balaban J connectivity index is 1.49. The van der Waals surface area contributed by atoms with Gasteiger partial charge in [-0.1, -0.05) is 35.0 Å². The van der Waals surface area contributed by atoms with Gasteiger partial charge in [0.15, 0.2) is 0 Å². The highest BCUT2D eigenvalue weighted by molar-refractivity contribution is 6.30. The topological polar surface area (TPSA) is 92.3 Å². The summed E-state index contributed by atoms with van der Waals surface area (Å²) in [6, 6.07) is 19.0. The highest BCUT2D eigenvalue weighted by Crippen LogP contribution is 2.27. The Morgan fingerprint density at radius 3 is 2.36 bits per heavy atom. The third kappa shape index (κ3) is 6.11. The van der Waals surface area contributed by atoms with Crippen molar-refractivity contribution in [2.45, 2.75) is 18.9 Å². The number of nitrogens with one attached hydrogen (secondary N) is 2. The van der Waals surface area contributed by atoms with Crippen LogP contribution in [0, 0.1) is 5.82 Å². The van der Waals surface area contributed by atoms with Crippen LogP contribution in [0.1, 0.15) is 24.5 Å². The minimum Gasteiger partial charge on any atom is -0.431 e. The number of carbonyl (C=O) groups excluding carboxylic acids is 2. The maximum Gasteiger partial charge on any atom is 0.412 e. The molecule has 0 aliphatic carbocycles. The van der Waals surface area contributed by atoms with Gasteiger partial charge in [-0.15, -0.1) is 0 Å². The van der Waals surface area contributed by atoms with E-state index in [-0.39, 0.29) is 5.56 Å². The molecule has 0 radical (unpaired) electrons. The summed E-state index contributed by atoms with van der Waals surface area (Å²) in [6.45, 7) is 0.805. The lowest BCUT2D eigenvalue weighted by molar-refractivity contribution is -0.124. The van der Waals surface area contributed by atoms with Gasteiger partial charge in [-0.3, -0.25) is 10.1 Å². The fraction of sp³-hybridized carbons (Fsp3) is 0.192. The number of amidine groups is 1. The minimum absolute atomic E-state index is 0.0737. The fourth-order valence-corrected chi connectivity index (χ4v) is 3.93. The largest absolute Gasteiger partial charge is 0.431 e. The molecule has 0 saturated carbocycles. The second kappa shape index (κ2) is 11.5. The first-order valence-electron chi connectivity index (χ1n) is 11.2. The lowest BCUT2D eigenvalue weighted by Gasteiger charge is -2.20. The molecule has 1 heterocycles. The van der Waals surface area contributed by atoms with Gasteiger partial charge in [0.2, 0.25) is 6.10 Å². The zero-order valence-corrected chi connectivity index (χ0v) is 20.2. The molecule has 1 unspecified atom stereocenters. The van der Waals surface area contributed by atoms with E-state index in [0.29, 0.717) is 16.4 Å². The molecule has 1 fully saturated rings. The van der Waals surface area contributed by atoms with Crippen LogP contribution in [0.15, 0.2) is 78.0 Å². The average molecular weight is 511 g/mol. The number of amides is 2. The first-order chi connectivity index (χ1) is 17.4. The molecule has 0 aromatic heterocycles. The number of carbonyl (C=O) groups is 2. The highest BCUT2D eigenvalue weighted by atomic mass is 35.5. The van der Waals surface area contributed by atoms with Crippen molar-refractivity contribution >= 4 is 46.5 Å². The predicted molar refractivity (Wildman–Crippen MR) is 137 cm³/mol. The lowest BCUT2D eigenvalue weighted by Crippen LogP contribution is -2.28. The van der Waals surface area contributed by atoms with Crippen LogP contribution >= 0.6 is 11.6 Å². The Morgan fingerprint density at radius 2 is 1.67 bits per heavy atom. The van der Waals surface area contributed by atoms with E-state index in [9.17, 15) is 14.0 Å². The van der Waals surface area contributed by atoms with Gasteiger partial charge in [-0.05, 0) is 61.0 Å². The Labute approximate surface area is 212 Å². The molecule has 1 atom stereocenters. The third-order valence-electron chi connectivity index (χ3n) is 5.48. The van der Waals surface area contributed by atoms with Crippen LogP contribution in [0.3, 0.4) is 0 Å². The minimum atomic E-state index is -1.53. The summed E-state index contributed by atoms with van der Waals surface area (Å²) in [6.07, 6.45) is -0.681. The molecular weight excluding hydrogens is 487 g/mol. The summed E-state index contributed by atoms with van der Waals surface area (Å²) in [5.74, 6) is -0.554. The van der Waals surface area contributed by atoms with Gasteiger partial charge in [-0.25, -0.2) is 9.18 Å². The summed E-state index contributed by atoms with van der Waals surface area (Å²) in [4.78, 5) is 32.6. The van der Waals surface area contributed by atoms with Gasteiger partial charge in [0.1, 0.15) is 18.8 Å².